The van der Waals surface area contributed by atoms with Crippen LogP contribution < -0.4 is 5.43 Å². The molecule has 0 saturated heterocycles. The Balaban J connectivity index is 2.34. The smallest absolute Gasteiger partial charge is 0.0738 e. The third kappa shape index (κ3) is 4.06. The van der Waals surface area contributed by atoms with Crippen molar-refractivity contribution < 1.29 is 0 Å². The summed E-state index contributed by atoms with van der Waals surface area (Å²) in [7, 11) is 0. The zero-order valence-electron chi connectivity index (χ0n) is 12.7. The summed E-state index contributed by atoms with van der Waals surface area (Å²) >= 11 is 0. The summed E-state index contributed by atoms with van der Waals surface area (Å²) in [5, 5.41) is 4.67. The van der Waals surface area contributed by atoms with Gasteiger partial charge < -0.3 is 0 Å². The Bertz CT molecular complexity index is 598. The molecule has 0 aliphatic rings. The lowest BCUT2D eigenvalue weighted by Gasteiger charge is -2.25. The van der Waals surface area contributed by atoms with Crippen molar-refractivity contribution in [3.63, 3.8) is 0 Å². The van der Waals surface area contributed by atoms with Gasteiger partial charge in [-0.1, -0.05) is 68.5 Å². The normalized spacial score (nSPS) is 12.0. The van der Waals surface area contributed by atoms with Crippen molar-refractivity contribution in [2.75, 3.05) is 5.43 Å². The second kappa shape index (κ2) is 6.89. The van der Waals surface area contributed by atoms with Crippen molar-refractivity contribution in [2.45, 2.75) is 20.3 Å². The number of anilines is 1. The van der Waals surface area contributed by atoms with Crippen LogP contribution in [0.25, 0.3) is 0 Å². The number of nitrogens with zero attached hydrogens (tertiary/aromatic N) is 1. The Morgan fingerprint density at radius 3 is 2.19 bits per heavy atom. The van der Waals surface area contributed by atoms with Gasteiger partial charge in [-0.15, -0.1) is 6.58 Å². The summed E-state index contributed by atoms with van der Waals surface area (Å²) in [6.45, 7) is 8.24. The SMILES string of the molecule is C=CCC(C)(C)/C(=N/Nc1ccccc1)c1ccccc1. The molecule has 108 valence electrons. The molecule has 0 aliphatic carbocycles. The molecule has 1 N–H and O–H groups in total. The van der Waals surface area contributed by atoms with Crippen LogP contribution in [0.15, 0.2) is 78.4 Å². The molecule has 0 unspecified atom stereocenters. The molecule has 0 atom stereocenters. The number of hydrogen-bond acceptors (Lipinski definition) is 2. The van der Waals surface area contributed by atoms with E-state index in [0.29, 0.717) is 0 Å². The number of benzene rings is 2. The van der Waals surface area contributed by atoms with Crippen LogP contribution in [0.3, 0.4) is 0 Å². The van der Waals surface area contributed by atoms with Crippen molar-refractivity contribution in [3.8, 4) is 0 Å². The zero-order valence-corrected chi connectivity index (χ0v) is 12.7. The van der Waals surface area contributed by atoms with E-state index in [2.05, 4.69) is 43.1 Å². The van der Waals surface area contributed by atoms with E-state index in [-0.39, 0.29) is 5.41 Å². The second-order valence-electron chi connectivity index (χ2n) is 5.68. The van der Waals surface area contributed by atoms with E-state index >= 15 is 0 Å². The monoisotopic (exact) mass is 278 g/mol. The first-order valence-corrected chi connectivity index (χ1v) is 7.19. The van der Waals surface area contributed by atoms with Gasteiger partial charge in [-0.05, 0) is 24.1 Å². The molecule has 0 aliphatic heterocycles. The molecular weight excluding hydrogens is 256 g/mol. The lowest BCUT2D eigenvalue weighted by atomic mass is 9.80. The maximum absolute atomic E-state index is 4.67. The highest BCUT2D eigenvalue weighted by atomic mass is 15.3. The van der Waals surface area contributed by atoms with E-state index in [4.69, 9.17) is 0 Å². The highest BCUT2D eigenvalue weighted by Crippen LogP contribution is 2.27. The van der Waals surface area contributed by atoms with Gasteiger partial charge in [0, 0.05) is 5.41 Å². The topological polar surface area (TPSA) is 24.4 Å². The number of nitrogens with one attached hydrogen (secondary N) is 1. The molecule has 2 aromatic rings. The van der Waals surface area contributed by atoms with E-state index < -0.39 is 0 Å². The van der Waals surface area contributed by atoms with Gasteiger partial charge in [-0.25, -0.2) is 0 Å². The highest BCUT2D eigenvalue weighted by molar-refractivity contribution is 6.04. The van der Waals surface area contributed by atoms with Crippen LogP contribution in [0.1, 0.15) is 25.8 Å². The third-order valence-corrected chi connectivity index (χ3v) is 3.41. The molecule has 0 heterocycles. The van der Waals surface area contributed by atoms with Crippen molar-refractivity contribution in [1.29, 1.82) is 0 Å². The van der Waals surface area contributed by atoms with Crippen LogP contribution in [-0.4, -0.2) is 5.71 Å². The minimum atomic E-state index is -0.0785. The molecule has 0 spiro atoms. The molecule has 0 amide bonds. The summed E-state index contributed by atoms with van der Waals surface area (Å²) in [6.07, 6.45) is 2.82. The van der Waals surface area contributed by atoms with Crippen LogP contribution >= 0.6 is 0 Å². The Morgan fingerprint density at radius 2 is 1.62 bits per heavy atom. The number of para-hydroxylation sites is 1. The molecule has 2 rings (SSSR count). The van der Waals surface area contributed by atoms with Gasteiger partial charge in [-0.2, -0.15) is 5.10 Å². The first kappa shape index (κ1) is 15.0. The summed E-state index contributed by atoms with van der Waals surface area (Å²) in [5.41, 5.74) is 6.24. The molecule has 2 aromatic carbocycles. The van der Waals surface area contributed by atoms with Crippen LogP contribution in [0.2, 0.25) is 0 Å². The van der Waals surface area contributed by atoms with Gasteiger partial charge in [0.1, 0.15) is 0 Å². The summed E-state index contributed by atoms with van der Waals surface area (Å²) in [5.74, 6) is 0. The molecular formula is C19H22N2. The minimum Gasteiger partial charge on any atom is -0.278 e. The number of rotatable bonds is 6. The van der Waals surface area contributed by atoms with Gasteiger partial charge >= 0.3 is 0 Å². The average molecular weight is 278 g/mol. The molecule has 2 heteroatoms. The molecule has 0 fully saturated rings. The minimum absolute atomic E-state index is 0.0785. The summed E-state index contributed by atoms with van der Waals surface area (Å²) in [4.78, 5) is 0. The molecule has 0 aromatic heterocycles. The van der Waals surface area contributed by atoms with Crippen LogP contribution in [-0.2, 0) is 0 Å². The van der Waals surface area contributed by atoms with Crippen molar-refractivity contribution in [2.24, 2.45) is 10.5 Å². The van der Waals surface area contributed by atoms with E-state index in [1.54, 1.807) is 0 Å². The number of hydrazone groups is 1. The average Bonchev–Trinajstić information content (AvgIpc) is 2.49. The predicted molar refractivity (Wildman–Crippen MR) is 91.6 cm³/mol. The predicted octanol–water partition coefficient (Wildman–Crippen LogP) is 5.11. The largest absolute Gasteiger partial charge is 0.278 e. The van der Waals surface area contributed by atoms with E-state index in [0.717, 1.165) is 23.4 Å². The fraction of sp³-hybridized carbons (Fsp3) is 0.211. The Morgan fingerprint density at radius 1 is 1.05 bits per heavy atom. The molecule has 21 heavy (non-hydrogen) atoms. The fourth-order valence-electron chi connectivity index (χ4n) is 2.29. The zero-order chi connectivity index (χ0) is 15.1. The molecule has 0 bridgehead atoms. The lowest BCUT2D eigenvalue weighted by Crippen LogP contribution is -2.25. The van der Waals surface area contributed by atoms with E-state index in [9.17, 15) is 0 Å². The quantitative estimate of drug-likeness (QED) is 0.443. The molecule has 0 saturated carbocycles. The van der Waals surface area contributed by atoms with Crippen LogP contribution in [0, 0.1) is 5.41 Å². The molecule has 2 nitrogen and oxygen atoms in total. The highest BCUT2D eigenvalue weighted by Gasteiger charge is 2.25. The number of hydrogen-bond donors (Lipinski definition) is 1. The van der Waals surface area contributed by atoms with E-state index in [1.807, 2.05) is 54.6 Å². The van der Waals surface area contributed by atoms with Crippen molar-refractivity contribution >= 4 is 11.4 Å². The first-order valence-electron chi connectivity index (χ1n) is 7.19. The summed E-state index contributed by atoms with van der Waals surface area (Å²) in [6, 6.07) is 20.3. The van der Waals surface area contributed by atoms with Gasteiger partial charge in [0.2, 0.25) is 0 Å². The Labute approximate surface area is 127 Å². The Hall–Kier alpha value is -2.35. The van der Waals surface area contributed by atoms with Crippen LogP contribution in [0.4, 0.5) is 5.69 Å². The van der Waals surface area contributed by atoms with Gasteiger partial charge in [0.15, 0.2) is 0 Å². The number of allylic oxidation sites excluding steroid dienone is 1. The molecule has 0 radical (unpaired) electrons. The third-order valence-electron chi connectivity index (χ3n) is 3.41. The van der Waals surface area contributed by atoms with Crippen molar-refractivity contribution in [1.82, 2.24) is 0 Å². The van der Waals surface area contributed by atoms with Gasteiger partial charge in [-0.3, -0.25) is 5.43 Å². The first-order chi connectivity index (χ1) is 10.1. The van der Waals surface area contributed by atoms with Gasteiger partial charge in [0.25, 0.3) is 0 Å². The maximum atomic E-state index is 4.67. The van der Waals surface area contributed by atoms with Gasteiger partial charge in [0.05, 0.1) is 11.4 Å². The van der Waals surface area contributed by atoms with E-state index in [1.165, 1.54) is 0 Å². The van der Waals surface area contributed by atoms with Crippen LogP contribution in [0.5, 0.6) is 0 Å². The maximum Gasteiger partial charge on any atom is 0.0738 e. The second-order valence-corrected chi connectivity index (χ2v) is 5.68. The fourth-order valence-corrected chi connectivity index (χ4v) is 2.29. The standard InChI is InChI=1S/C19H22N2/c1-4-15-19(2,3)18(16-11-7-5-8-12-16)21-20-17-13-9-6-10-14-17/h4-14,20H,1,15H2,2-3H3/b21-18+. The lowest BCUT2D eigenvalue weighted by molar-refractivity contribution is 0.532. The van der Waals surface area contributed by atoms with Crippen molar-refractivity contribution in [3.05, 3.63) is 78.9 Å². The summed E-state index contributed by atoms with van der Waals surface area (Å²) < 4.78 is 0. The Kier molecular flexibility index (Phi) is 4.94.